The minimum Gasteiger partial charge on any atom is -0.496 e. The molecule has 0 heterocycles. The molecule has 0 atom stereocenters. The Morgan fingerprint density at radius 1 is 0.800 bits per heavy atom. The van der Waals surface area contributed by atoms with Gasteiger partial charge in [0.1, 0.15) is 23.0 Å². The van der Waals surface area contributed by atoms with E-state index >= 15 is 0 Å². The Morgan fingerprint density at radius 3 is 1.64 bits per heavy atom. The van der Waals surface area contributed by atoms with Crippen LogP contribution in [0, 0.1) is 0 Å². The van der Waals surface area contributed by atoms with E-state index < -0.39 is 0 Å². The molecule has 132 valence electrons. The van der Waals surface area contributed by atoms with E-state index in [9.17, 15) is 4.79 Å². The second kappa shape index (κ2) is 8.78. The van der Waals surface area contributed by atoms with E-state index in [0.29, 0.717) is 40.6 Å². The lowest BCUT2D eigenvalue weighted by atomic mass is 10.0. The summed E-state index contributed by atoms with van der Waals surface area (Å²) in [6.45, 7) is 0. The lowest BCUT2D eigenvalue weighted by molar-refractivity contribution is -0.103. The van der Waals surface area contributed by atoms with E-state index in [2.05, 4.69) is 0 Å². The third kappa shape index (κ3) is 3.94. The fourth-order valence-corrected chi connectivity index (χ4v) is 2.69. The number of carbonyl (C=O) groups is 1. The monoisotopic (exact) mass is 342 g/mol. The molecule has 0 aliphatic carbocycles. The Labute approximate surface area is 147 Å². The van der Waals surface area contributed by atoms with Gasteiger partial charge in [0, 0.05) is 11.1 Å². The van der Waals surface area contributed by atoms with Gasteiger partial charge >= 0.3 is 0 Å². The molecule has 0 radical (unpaired) electrons. The van der Waals surface area contributed by atoms with Gasteiger partial charge in [-0.25, -0.2) is 0 Å². The Kier molecular flexibility index (Phi) is 6.46. The Morgan fingerprint density at radius 2 is 1.24 bits per heavy atom. The van der Waals surface area contributed by atoms with Crippen LogP contribution in [0.5, 0.6) is 23.0 Å². The van der Waals surface area contributed by atoms with Gasteiger partial charge in [-0.2, -0.15) is 0 Å². The number of methoxy groups -OCH3 is 4. The van der Waals surface area contributed by atoms with E-state index in [1.165, 1.54) is 0 Å². The molecular weight excluding hydrogens is 320 g/mol. The van der Waals surface area contributed by atoms with Crippen LogP contribution in [0.4, 0.5) is 0 Å². The second-order valence-corrected chi connectivity index (χ2v) is 5.16. The maximum atomic E-state index is 11.7. The van der Waals surface area contributed by atoms with Crippen LogP contribution in [0.25, 0.3) is 5.57 Å². The average Bonchev–Trinajstić information content (AvgIpc) is 2.67. The largest absolute Gasteiger partial charge is 0.496 e. The lowest BCUT2D eigenvalue weighted by Gasteiger charge is -2.14. The topological polar surface area (TPSA) is 54.0 Å². The quantitative estimate of drug-likeness (QED) is 0.542. The molecule has 0 saturated heterocycles. The highest BCUT2D eigenvalue weighted by atomic mass is 16.5. The molecule has 0 aromatic heterocycles. The van der Waals surface area contributed by atoms with Crippen LogP contribution in [-0.4, -0.2) is 34.7 Å². The molecule has 2 aromatic rings. The molecule has 0 aliphatic heterocycles. The second-order valence-electron chi connectivity index (χ2n) is 5.16. The zero-order chi connectivity index (χ0) is 18.2. The molecule has 0 saturated carbocycles. The van der Waals surface area contributed by atoms with Gasteiger partial charge in [0.25, 0.3) is 0 Å². The first kappa shape index (κ1) is 18.4. The van der Waals surface area contributed by atoms with Crippen LogP contribution in [0.1, 0.15) is 11.1 Å². The normalized spacial score (nSPS) is 11.0. The molecule has 0 bridgehead atoms. The van der Waals surface area contributed by atoms with Gasteiger partial charge in [-0.1, -0.05) is 18.2 Å². The van der Waals surface area contributed by atoms with E-state index in [1.54, 1.807) is 40.6 Å². The van der Waals surface area contributed by atoms with Crippen molar-refractivity contribution < 1.29 is 23.7 Å². The van der Waals surface area contributed by atoms with Crippen molar-refractivity contribution in [3.63, 3.8) is 0 Å². The van der Waals surface area contributed by atoms with Crippen molar-refractivity contribution in [1.29, 1.82) is 0 Å². The van der Waals surface area contributed by atoms with Gasteiger partial charge < -0.3 is 18.9 Å². The number of rotatable bonds is 8. The standard InChI is InChI=1S/C20H22O5/c1-22-16-7-5-8-17(23-2)15(16)12-11-14(13-21)20-18(24-3)9-6-10-19(20)25-4/h5-11,13H,12H2,1-4H3/b14-11+. The number of carbonyl (C=O) groups excluding carboxylic acids is 1. The summed E-state index contributed by atoms with van der Waals surface area (Å²) in [4.78, 5) is 11.7. The molecule has 2 aromatic carbocycles. The zero-order valence-corrected chi connectivity index (χ0v) is 14.9. The van der Waals surface area contributed by atoms with E-state index in [4.69, 9.17) is 18.9 Å². The highest BCUT2D eigenvalue weighted by Crippen LogP contribution is 2.35. The minimum absolute atomic E-state index is 0.461. The molecule has 5 heteroatoms. The van der Waals surface area contributed by atoms with Crippen LogP contribution in [0.15, 0.2) is 42.5 Å². The summed E-state index contributed by atoms with van der Waals surface area (Å²) in [5.74, 6) is 2.55. The van der Waals surface area contributed by atoms with Gasteiger partial charge in [-0.15, -0.1) is 0 Å². The van der Waals surface area contributed by atoms with Gasteiger partial charge in [-0.05, 0) is 30.7 Å². The highest BCUT2D eigenvalue weighted by Gasteiger charge is 2.15. The van der Waals surface area contributed by atoms with Crippen LogP contribution >= 0.6 is 0 Å². The number of allylic oxidation sites excluding steroid dienone is 2. The summed E-state index contributed by atoms with van der Waals surface area (Å²) < 4.78 is 21.6. The predicted octanol–water partition coefficient (Wildman–Crippen LogP) is 3.55. The molecular formula is C20H22O5. The number of aldehydes is 1. The fourth-order valence-electron chi connectivity index (χ4n) is 2.69. The molecule has 0 unspecified atom stereocenters. The Hall–Kier alpha value is -2.95. The first-order valence-corrected chi connectivity index (χ1v) is 7.76. The van der Waals surface area contributed by atoms with Crippen molar-refractivity contribution in [2.24, 2.45) is 0 Å². The predicted molar refractivity (Wildman–Crippen MR) is 96.8 cm³/mol. The third-order valence-electron chi connectivity index (χ3n) is 3.90. The summed E-state index contributed by atoms with van der Waals surface area (Å²) >= 11 is 0. The van der Waals surface area contributed by atoms with Gasteiger partial charge in [0.2, 0.25) is 0 Å². The Balaban J connectivity index is 2.49. The van der Waals surface area contributed by atoms with E-state index in [0.717, 1.165) is 11.8 Å². The van der Waals surface area contributed by atoms with Crippen LogP contribution in [0.3, 0.4) is 0 Å². The third-order valence-corrected chi connectivity index (χ3v) is 3.90. The van der Waals surface area contributed by atoms with Gasteiger partial charge in [-0.3, -0.25) is 4.79 Å². The van der Waals surface area contributed by atoms with Crippen molar-refractivity contribution in [3.05, 3.63) is 53.6 Å². The van der Waals surface area contributed by atoms with Crippen LogP contribution in [0.2, 0.25) is 0 Å². The molecule has 2 rings (SSSR count). The maximum absolute atomic E-state index is 11.7. The molecule has 0 spiro atoms. The maximum Gasteiger partial charge on any atom is 0.150 e. The molecule has 0 aliphatic rings. The fraction of sp³-hybridized carbons (Fsp3) is 0.250. The van der Waals surface area contributed by atoms with Crippen molar-refractivity contribution in [2.75, 3.05) is 28.4 Å². The summed E-state index contributed by atoms with van der Waals surface area (Å²) in [6.07, 6.45) is 3.07. The van der Waals surface area contributed by atoms with Crippen molar-refractivity contribution in [2.45, 2.75) is 6.42 Å². The van der Waals surface area contributed by atoms with Gasteiger partial charge in [0.15, 0.2) is 6.29 Å². The first-order valence-electron chi connectivity index (χ1n) is 7.76. The SMILES string of the molecule is COc1cccc(OC)c1C/C=C(\C=O)c1c(OC)cccc1OC. The molecule has 0 N–H and O–H groups in total. The van der Waals surface area contributed by atoms with E-state index in [-0.39, 0.29) is 0 Å². The number of hydrogen-bond donors (Lipinski definition) is 0. The minimum atomic E-state index is 0.461. The van der Waals surface area contributed by atoms with Crippen LogP contribution < -0.4 is 18.9 Å². The van der Waals surface area contributed by atoms with E-state index in [1.807, 2.05) is 30.3 Å². The molecule has 5 nitrogen and oxygen atoms in total. The van der Waals surface area contributed by atoms with Crippen LogP contribution in [-0.2, 0) is 11.2 Å². The Bertz CT molecular complexity index is 720. The smallest absolute Gasteiger partial charge is 0.150 e. The van der Waals surface area contributed by atoms with Crippen molar-refractivity contribution in [3.8, 4) is 23.0 Å². The number of ether oxygens (including phenoxy) is 4. The molecule has 0 amide bonds. The highest BCUT2D eigenvalue weighted by molar-refractivity contribution is 6.09. The first-order chi connectivity index (χ1) is 12.2. The summed E-state index contributed by atoms with van der Waals surface area (Å²) in [5.41, 5.74) is 1.96. The number of benzene rings is 2. The van der Waals surface area contributed by atoms with Crippen molar-refractivity contribution >= 4 is 11.9 Å². The lowest BCUT2D eigenvalue weighted by Crippen LogP contribution is -1.99. The van der Waals surface area contributed by atoms with Crippen molar-refractivity contribution in [1.82, 2.24) is 0 Å². The summed E-state index contributed by atoms with van der Waals surface area (Å²) in [7, 11) is 6.33. The zero-order valence-electron chi connectivity index (χ0n) is 14.9. The average molecular weight is 342 g/mol. The molecule has 25 heavy (non-hydrogen) atoms. The molecule has 0 fully saturated rings. The summed E-state index contributed by atoms with van der Waals surface area (Å²) in [5, 5.41) is 0. The number of hydrogen-bond acceptors (Lipinski definition) is 5. The summed E-state index contributed by atoms with van der Waals surface area (Å²) in [6, 6.07) is 11.0. The van der Waals surface area contributed by atoms with Gasteiger partial charge in [0.05, 0.1) is 34.0 Å².